The van der Waals surface area contributed by atoms with Crippen LogP contribution < -0.4 is 21.1 Å². The first-order valence-corrected chi connectivity index (χ1v) is 9.49. The van der Waals surface area contributed by atoms with Gasteiger partial charge in [-0.3, -0.25) is 5.41 Å². The third-order valence-corrected chi connectivity index (χ3v) is 4.49. The zero-order chi connectivity index (χ0) is 23.8. The van der Waals surface area contributed by atoms with Crippen LogP contribution in [0.15, 0.2) is 30.1 Å². The second-order valence-electron chi connectivity index (χ2n) is 6.55. The van der Waals surface area contributed by atoms with Gasteiger partial charge in [0.05, 0.1) is 30.1 Å². The fourth-order valence-electron chi connectivity index (χ4n) is 2.95. The molecule has 0 spiro atoms. The van der Waals surface area contributed by atoms with E-state index in [1.807, 2.05) is 0 Å². The Balaban J connectivity index is 2.53. The van der Waals surface area contributed by atoms with E-state index >= 15 is 0 Å². The van der Waals surface area contributed by atoms with Gasteiger partial charge in [-0.05, 0) is 32.2 Å². The minimum Gasteiger partial charge on any atom is -0.467 e. The molecule has 0 aliphatic carbocycles. The lowest BCUT2D eigenvalue weighted by Crippen LogP contribution is -2.23. The number of allylic oxidation sites excluding steroid dienone is 1. The monoisotopic (exact) mass is 441 g/mol. The molecule has 0 aliphatic rings. The fraction of sp³-hybridized carbons (Fsp3) is 0.286. The largest absolute Gasteiger partial charge is 0.467 e. The molecular weight excluding hydrogens is 417 g/mol. The number of nitrogens with two attached hydrogens (primary N) is 1. The van der Waals surface area contributed by atoms with Crippen LogP contribution in [0.1, 0.15) is 34.6 Å². The zero-order valence-electron chi connectivity index (χ0n) is 18.1. The number of nitrogen functional groups attached to an aromatic ring is 1. The SMILES string of the molecule is CNC/C(NC)=C(/C(=N)C#N)c1cnc(N)c(O[C@H](C)c2cc(F)ccc2C(=O)OC)n1. The van der Waals surface area contributed by atoms with Crippen LogP contribution in [0.2, 0.25) is 0 Å². The Morgan fingerprint density at radius 3 is 2.72 bits per heavy atom. The van der Waals surface area contributed by atoms with Crippen molar-refractivity contribution in [2.24, 2.45) is 0 Å². The van der Waals surface area contributed by atoms with E-state index in [0.717, 1.165) is 12.1 Å². The highest BCUT2D eigenvalue weighted by Gasteiger charge is 2.22. The summed E-state index contributed by atoms with van der Waals surface area (Å²) in [6, 6.07) is 5.40. The number of esters is 1. The van der Waals surface area contributed by atoms with Crippen LogP contribution in [0.3, 0.4) is 0 Å². The molecule has 0 radical (unpaired) electrons. The van der Waals surface area contributed by atoms with Gasteiger partial charge in [0, 0.05) is 24.9 Å². The molecular formula is C21H24FN7O3. The molecule has 1 atom stereocenters. The molecule has 0 saturated heterocycles. The van der Waals surface area contributed by atoms with Gasteiger partial charge in [-0.2, -0.15) is 5.26 Å². The number of ether oxygens (including phenoxy) is 2. The van der Waals surface area contributed by atoms with E-state index in [1.165, 1.54) is 19.4 Å². The number of anilines is 1. The Bertz CT molecular complexity index is 1100. The molecule has 0 bridgehead atoms. The van der Waals surface area contributed by atoms with Gasteiger partial charge >= 0.3 is 5.97 Å². The van der Waals surface area contributed by atoms with Crippen LogP contribution in [0, 0.1) is 22.6 Å². The summed E-state index contributed by atoms with van der Waals surface area (Å²) < 4.78 is 24.4. The summed E-state index contributed by atoms with van der Waals surface area (Å²) in [5, 5.41) is 23.2. The normalized spacial score (nSPS) is 12.2. The Labute approximate surface area is 184 Å². The van der Waals surface area contributed by atoms with Crippen molar-refractivity contribution < 1.29 is 18.7 Å². The molecule has 1 aromatic carbocycles. The topological polar surface area (TPSA) is 159 Å². The summed E-state index contributed by atoms with van der Waals surface area (Å²) in [4.78, 5) is 20.5. The predicted molar refractivity (Wildman–Crippen MR) is 116 cm³/mol. The van der Waals surface area contributed by atoms with Crippen molar-refractivity contribution >= 4 is 23.1 Å². The summed E-state index contributed by atoms with van der Waals surface area (Å²) in [6.07, 6.45) is 0.471. The zero-order valence-corrected chi connectivity index (χ0v) is 18.1. The number of carbonyl (C=O) groups is 1. The van der Waals surface area contributed by atoms with E-state index in [2.05, 4.69) is 20.6 Å². The maximum atomic E-state index is 13.9. The molecule has 11 heteroatoms. The predicted octanol–water partition coefficient (Wildman–Crippen LogP) is 1.82. The van der Waals surface area contributed by atoms with Crippen LogP contribution in [-0.4, -0.2) is 49.4 Å². The first-order chi connectivity index (χ1) is 15.3. The summed E-state index contributed by atoms with van der Waals surface area (Å²) in [6.45, 7) is 1.92. The number of methoxy groups -OCH3 is 1. The Kier molecular flexibility index (Phi) is 8.20. The molecule has 2 rings (SSSR count). The molecule has 5 N–H and O–H groups in total. The lowest BCUT2D eigenvalue weighted by atomic mass is 10.0. The number of hydrogen-bond donors (Lipinski definition) is 4. The fourth-order valence-corrected chi connectivity index (χ4v) is 2.95. The van der Waals surface area contributed by atoms with Crippen LogP contribution in [0.5, 0.6) is 5.88 Å². The summed E-state index contributed by atoms with van der Waals surface area (Å²) in [5.41, 5.74) is 6.88. The summed E-state index contributed by atoms with van der Waals surface area (Å²) in [5.74, 6) is -1.37. The van der Waals surface area contributed by atoms with E-state index < -0.39 is 17.9 Å². The highest BCUT2D eigenvalue weighted by Crippen LogP contribution is 2.29. The van der Waals surface area contributed by atoms with E-state index in [0.29, 0.717) is 12.2 Å². The standard InChI is InChI=1S/C21H24FN7O3/c1-11(14-7-12(22)5-6-13(14)21(30)31-4)32-20-19(25)28-10-17(29-20)18(15(24)8-23)16(27-3)9-26-2/h5-7,10-11,24,26-27H,9H2,1-4H3,(H2,25,28)/b18-16+,24-15?/t11-/m1/s1. The van der Waals surface area contributed by atoms with Gasteiger partial charge in [0.1, 0.15) is 23.7 Å². The third kappa shape index (κ3) is 5.35. The van der Waals surface area contributed by atoms with Crippen molar-refractivity contribution in [3.63, 3.8) is 0 Å². The van der Waals surface area contributed by atoms with Crippen molar-refractivity contribution in [3.05, 3.63) is 52.7 Å². The molecule has 0 amide bonds. The number of nitrogens with one attached hydrogen (secondary N) is 3. The second kappa shape index (κ2) is 10.8. The van der Waals surface area contributed by atoms with Gasteiger partial charge in [-0.15, -0.1) is 0 Å². The van der Waals surface area contributed by atoms with Crippen LogP contribution in [0.4, 0.5) is 10.2 Å². The first-order valence-electron chi connectivity index (χ1n) is 9.49. The molecule has 10 nitrogen and oxygen atoms in total. The molecule has 1 aromatic heterocycles. The van der Waals surface area contributed by atoms with Gasteiger partial charge in [-0.25, -0.2) is 19.2 Å². The van der Waals surface area contributed by atoms with Gasteiger partial charge in [-0.1, -0.05) is 0 Å². The molecule has 0 unspecified atom stereocenters. The van der Waals surface area contributed by atoms with Crippen LogP contribution in [-0.2, 0) is 4.74 Å². The van der Waals surface area contributed by atoms with Crippen molar-refractivity contribution in [1.29, 1.82) is 10.7 Å². The Hall–Kier alpha value is -4.04. The number of nitriles is 1. The van der Waals surface area contributed by atoms with E-state index in [4.69, 9.17) is 20.6 Å². The lowest BCUT2D eigenvalue weighted by Gasteiger charge is -2.19. The van der Waals surface area contributed by atoms with Gasteiger partial charge in [0.2, 0.25) is 0 Å². The average molecular weight is 441 g/mol. The molecule has 0 aliphatic heterocycles. The quantitative estimate of drug-likeness (QED) is 0.336. The summed E-state index contributed by atoms with van der Waals surface area (Å²) in [7, 11) is 4.59. The van der Waals surface area contributed by atoms with Crippen LogP contribution in [0.25, 0.3) is 5.57 Å². The lowest BCUT2D eigenvalue weighted by molar-refractivity contribution is 0.0595. The summed E-state index contributed by atoms with van der Waals surface area (Å²) >= 11 is 0. The van der Waals surface area contributed by atoms with Crippen molar-refractivity contribution in [2.75, 3.05) is 33.5 Å². The average Bonchev–Trinajstić information content (AvgIpc) is 2.79. The van der Waals surface area contributed by atoms with E-state index in [-0.39, 0.29) is 39.8 Å². The number of halogens is 1. The number of nitrogens with zero attached hydrogens (tertiary/aromatic N) is 3. The molecule has 1 heterocycles. The third-order valence-electron chi connectivity index (χ3n) is 4.49. The van der Waals surface area contributed by atoms with Crippen molar-refractivity contribution in [2.45, 2.75) is 13.0 Å². The molecule has 2 aromatic rings. The maximum Gasteiger partial charge on any atom is 0.338 e. The highest BCUT2D eigenvalue weighted by atomic mass is 19.1. The van der Waals surface area contributed by atoms with Gasteiger partial charge in [0.25, 0.3) is 5.88 Å². The van der Waals surface area contributed by atoms with E-state index in [9.17, 15) is 14.4 Å². The number of likely N-dealkylation sites (N-methyl/N-ethyl adjacent to an activating group) is 2. The van der Waals surface area contributed by atoms with Gasteiger partial charge < -0.3 is 25.8 Å². The molecule has 168 valence electrons. The number of hydrogen-bond acceptors (Lipinski definition) is 10. The first kappa shape index (κ1) is 24.2. The minimum absolute atomic E-state index is 0.0564. The maximum absolute atomic E-state index is 13.9. The minimum atomic E-state index is -0.851. The molecule has 0 saturated carbocycles. The van der Waals surface area contributed by atoms with Gasteiger partial charge in [0.15, 0.2) is 5.82 Å². The number of rotatable bonds is 9. The van der Waals surface area contributed by atoms with Crippen molar-refractivity contribution in [1.82, 2.24) is 20.6 Å². The number of aromatic nitrogens is 2. The van der Waals surface area contributed by atoms with E-state index in [1.54, 1.807) is 27.1 Å². The Morgan fingerprint density at radius 2 is 2.12 bits per heavy atom. The second-order valence-corrected chi connectivity index (χ2v) is 6.55. The van der Waals surface area contributed by atoms with Crippen LogP contribution >= 0.6 is 0 Å². The molecule has 32 heavy (non-hydrogen) atoms. The number of carbonyl (C=O) groups excluding carboxylic acids is 1. The smallest absolute Gasteiger partial charge is 0.338 e. The van der Waals surface area contributed by atoms with Crippen molar-refractivity contribution in [3.8, 4) is 11.9 Å². The molecule has 0 fully saturated rings. The number of benzene rings is 1. The highest BCUT2D eigenvalue weighted by molar-refractivity contribution is 6.30. The Morgan fingerprint density at radius 1 is 1.41 bits per heavy atom.